The van der Waals surface area contributed by atoms with Gasteiger partial charge >= 0.3 is 68.9 Å². The minimum absolute atomic E-state index is 0. The van der Waals surface area contributed by atoms with Crippen molar-refractivity contribution in [3.05, 3.63) is 0 Å². The number of hydrogen-bond donors (Lipinski definition) is 0. The van der Waals surface area contributed by atoms with Gasteiger partial charge in [0, 0.05) is 0 Å². The van der Waals surface area contributed by atoms with Crippen LogP contribution in [0.25, 0.3) is 0 Å². The summed E-state index contributed by atoms with van der Waals surface area (Å²) < 4.78 is 0. The fourth-order valence-electron chi connectivity index (χ4n) is 0. The Morgan fingerprint density at radius 3 is 0.300 bits per heavy atom. The van der Waals surface area contributed by atoms with Gasteiger partial charge in [0.1, 0.15) is 0 Å². The maximum atomic E-state index is 0. The van der Waals surface area contributed by atoms with Crippen molar-refractivity contribution in [3.8, 4) is 0 Å². The maximum Gasteiger partial charge on any atom is 1.00 e. The van der Waals surface area contributed by atoms with E-state index in [1.165, 1.54) is 0 Å². The van der Waals surface area contributed by atoms with Gasteiger partial charge in [0.25, 0.3) is 0 Å². The monoisotopic (exact) mass is 294 g/mol. The molecule has 0 saturated heterocycles. The van der Waals surface area contributed by atoms with E-state index in [2.05, 4.69) is 0 Å². The molecule has 0 atom stereocenters. The molecule has 10 heavy (non-hydrogen) atoms. The normalized spacial score (nSPS) is 0. The van der Waals surface area contributed by atoms with Crippen molar-refractivity contribution in [2.75, 3.05) is 0 Å². The third-order valence-electron chi connectivity index (χ3n) is 0. The first kappa shape index (κ1) is 467. The van der Waals surface area contributed by atoms with E-state index in [0.29, 0.717) is 0 Å². The van der Waals surface area contributed by atoms with Crippen molar-refractivity contribution in [1.82, 2.24) is 0 Å². The van der Waals surface area contributed by atoms with Crippen LogP contribution < -0.4 is 68.9 Å². The SMILES string of the molecule is O.O.O.O.O.O.O.O.[Cs+].[OH-]. The molecular weight excluding hydrogens is 277 g/mol. The third kappa shape index (κ3) is 256. The summed E-state index contributed by atoms with van der Waals surface area (Å²) in [5.41, 5.74) is 0. The van der Waals surface area contributed by atoms with Gasteiger partial charge in [0.2, 0.25) is 0 Å². The van der Waals surface area contributed by atoms with Crippen molar-refractivity contribution in [3.63, 3.8) is 0 Å². The zero-order chi connectivity index (χ0) is 0. The van der Waals surface area contributed by atoms with Crippen LogP contribution in [0.5, 0.6) is 0 Å². The summed E-state index contributed by atoms with van der Waals surface area (Å²) in [6, 6.07) is 0. The van der Waals surface area contributed by atoms with E-state index in [1.807, 2.05) is 0 Å². The van der Waals surface area contributed by atoms with Crippen LogP contribution in [0.1, 0.15) is 0 Å². The van der Waals surface area contributed by atoms with Gasteiger partial charge in [-0.2, -0.15) is 0 Å². The fraction of sp³-hybridized carbons (Fsp3) is 0. The zero-order valence-corrected chi connectivity index (χ0v) is 11.7. The minimum Gasteiger partial charge on any atom is -0.870 e. The third-order valence-corrected chi connectivity index (χ3v) is 0. The molecule has 0 aliphatic rings. The second-order valence-corrected chi connectivity index (χ2v) is 0. The Morgan fingerprint density at radius 1 is 0.300 bits per heavy atom. The zero-order valence-electron chi connectivity index (χ0n) is 5.45. The molecular formula is H17CsO9. The molecule has 0 heterocycles. The first-order valence-electron chi connectivity index (χ1n) is 0. The Kier molecular flexibility index (Phi) is 16400. The van der Waals surface area contributed by atoms with Crippen molar-refractivity contribution < 1.29 is 118 Å². The Morgan fingerprint density at radius 2 is 0.300 bits per heavy atom. The molecule has 0 rings (SSSR count). The van der Waals surface area contributed by atoms with Gasteiger partial charge in [-0.1, -0.05) is 0 Å². The largest absolute Gasteiger partial charge is 1.00 e. The van der Waals surface area contributed by atoms with Gasteiger partial charge in [0.05, 0.1) is 0 Å². The molecule has 0 unspecified atom stereocenters. The molecule has 0 aromatic heterocycles. The maximum absolute atomic E-state index is 0. The predicted molar refractivity (Wildman–Crippen MR) is 30.8 cm³/mol. The molecule has 0 fully saturated rings. The second-order valence-electron chi connectivity index (χ2n) is 0. The molecule has 72 valence electrons. The standard InChI is InChI=1S/Cs.9H2O/h;9*1H2/q+1;;;;;;;;;/p-1. The summed E-state index contributed by atoms with van der Waals surface area (Å²) in [6.45, 7) is 0. The van der Waals surface area contributed by atoms with Crippen LogP contribution in [0, 0.1) is 0 Å². The molecule has 0 spiro atoms. The molecule has 0 aromatic rings. The summed E-state index contributed by atoms with van der Waals surface area (Å²) in [4.78, 5) is 0. The smallest absolute Gasteiger partial charge is 0.870 e. The van der Waals surface area contributed by atoms with E-state index in [4.69, 9.17) is 0 Å². The van der Waals surface area contributed by atoms with E-state index < -0.39 is 0 Å². The summed E-state index contributed by atoms with van der Waals surface area (Å²) in [5.74, 6) is 0. The van der Waals surface area contributed by atoms with Gasteiger partial charge in [-0.25, -0.2) is 0 Å². The topological polar surface area (TPSA) is 282 Å². The summed E-state index contributed by atoms with van der Waals surface area (Å²) in [6.07, 6.45) is 0. The Hall–Kier alpha value is 1.69. The molecule has 17 N–H and O–H groups in total. The van der Waals surface area contributed by atoms with Crippen molar-refractivity contribution in [1.29, 1.82) is 0 Å². The van der Waals surface area contributed by atoms with Crippen molar-refractivity contribution in [2.45, 2.75) is 0 Å². The molecule has 10 heteroatoms. The summed E-state index contributed by atoms with van der Waals surface area (Å²) in [5, 5.41) is 0. The Labute approximate surface area is 116 Å². The minimum atomic E-state index is 0. The number of hydrogen-bond acceptors (Lipinski definition) is 1. The van der Waals surface area contributed by atoms with Crippen LogP contribution in [0.4, 0.5) is 0 Å². The van der Waals surface area contributed by atoms with Crippen molar-refractivity contribution >= 4 is 0 Å². The van der Waals surface area contributed by atoms with Crippen LogP contribution in [-0.4, -0.2) is 49.3 Å². The molecule has 9 nitrogen and oxygen atoms in total. The van der Waals surface area contributed by atoms with Gasteiger partial charge in [-0.3, -0.25) is 0 Å². The van der Waals surface area contributed by atoms with Gasteiger partial charge in [0.15, 0.2) is 0 Å². The molecule has 0 radical (unpaired) electrons. The van der Waals surface area contributed by atoms with Crippen LogP contribution >= 0.6 is 0 Å². The van der Waals surface area contributed by atoms with Crippen LogP contribution in [-0.2, 0) is 0 Å². The average Bonchev–Trinajstić information content (AvgIpc) is 0. The average molecular weight is 294 g/mol. The van der Waals surface area contributed by atoms with Crippen LogP contribution in [0.2, 0.25) is 0 Å². The molecule has 0 bridgehead atoms. The summed E-state index contributed by atoms with van der Waals surface area (Å²) in [7, 11) is 0. The van der Waals surface area contributed by atoms with E-state index in [9.17, 15) is 0 Å². The van der Waals surface area contributed by atoms with Crippen LogP contribution in [0.3, 0.4) is 0 Å². The first-order chi connectivity index (χ1) is 0. The second kappa shape index (κ2) is 351. The number of rotatable bonds is 0. The first-order valence-corrected chi connectivity index (χ1v) is 0. The quantitative estimate of drug-likeness (QED) is 0.412. The molecule has 0 aliphatic heterocycles. The van der Waals surface area contributed by atoms with Crippen LogP contribution in [0.15, 0.2) is 0 Å². The van der Waals surface area contributed by atoms with Crippen molar-refractivity contribution in [2.24, 2.45) is 0 Å². The molecule has 0 amide bonds. The van der Waals surface area contributed by atoms with Gasteiger partial charge in [-0.15, -0.1) is 0 Å². The van der Waals surface area contributed by atoms with Gasteiger partial charge in [-0.05, 0) is 0 Å². The van der Waals surface area contributed by atoms with E-state index >= 15 is 0 Å². The molecule has 0 aliphatic carbocycles. The molecule has 0 saturated carbocycles. The summed E-state index contributed by atoms with van der Waals surface area (Å²) >= 11 is 0. The van der Waals surface area contributed by atoms with Gasteiger partial charge < -0.3 is 49.3 Å². The Bertz CT molecular complexity index is 4.69. The molecule has 0 aromatic carbocycles. The van der Waals surface area contributed by atoms with E-state index in [0.717, 1.165) is 0 Å². The fourth-order valence-corrected chi connectivity index (χ4v) is 0. The predicted octanol–water partition coefficient (Wildman–Crippen LogP) is -9.77. The van der Waals surface area contributed by atoms with E-state index in [1.54, 1.807) is 0 Å². The van der Waals surface area contributed by atoms with E-state index in [-0.39, 0.29) is 118 Å². The Balaban J connectivity index is 0.